The van der Waals surface area contributed by atoms with Crippen LogP contribution in [0.2, 0.25) is 5.02 Å². The molecule has 0 spiro atoms. The fourth-order valence-corrected chi connectivity index (χ4v) is 5.30. The summed E-state index contributed by atoms with van der Waals surface area (Å²) in [6.45, 7) is 1.82. The molecule has 1 atom stereocenters. The van der Waals surface area contributed by atoms with Crippen LogP contribution in [0.15, 0.2) is 111 Å². The van der Waals surface area contributed by atoms with E-state index in [0.717, 1.165) is 11.1 Å². The number of sulfonamides is 1. The van der Waals surface area contributed by atoms with Crippen molar-refractivity contribution in [3.63, 3.8) is 0 Å². The number of carbonyl (C=O) groups excluding carboxylic acids is 2. The van der Waals surface area contributed by atoms with E-state index in [1.54, 1.807) is 19.1 Å². The minimum Gasteiger partial charge on any atom is -0.459 e. The number of hydrogen-bond acceptors (Lipinski definition) is 6. The van der Waals surface area contributed by atoms with Crippen molar-refractivity contribution < 1.29 is 22.4 Å². The van der Waals surface area contributed by atoms with Gasteiger partial charge in [-0.05, 0) is 54.4 Å². The summed E-state index contributed by atoms with van der Waals surface area (Å²) < 4.78 is 34.0. The predicted octanol–water partition coefficient (Wildman–Crippen LogP) is 4.65. The second-order valence-electron chi connectivity index (χ2n) is 8.82. The predicted molar refractivity (Wildman–Crippen MR) is 152 cm³/mol. The molecule has 40 heavy (non-hydrogen) atoms. The van der Waals surface area contributed by atoms with Gasteiger partial charge in [0.25, 0.3) is 0 Å². The average Bonchev–Trinajstić information content (AvgIpc) is 3.41. The molecule has 11 heteroatoms. The molecule has 0 saturated heterocycles. The maximum atomic E-state index is 13.5. The van der Waals surface area contributed by atoms with Crippen molar-refractivity contribution in [3.05, 3.63) is 125 Å². The number of amides is 2. The fourth-order valence-electron chi connectivity index (χ4n) is 3.78. The lowest BCUT2D eigenvalue weighted by molar-refractivity contribution is -0.139. The molecule has 1 heterocycles. The number of nitrogens with one attached hydrogen (secondary N) is 2. The minimum atomic E-state index is -3.89. The molecule has 2 N–H and O–H groups in total. The van der Waals surface area contributed by atoms with Gasteiger partial charge in [0.05, 0.1) is 23.7 Å². The molecule has 0 fully saturated rings. The highest BCUT2D eigenvalue weighted by atomic mass is 35.5. The quantitative estimate of drug-likeness (QED) is 0.161. The molecular weight excluding hydrogens is 552 g/mol. The first kappa shape index (κ1) is 28.8. The van der Waals surface area contributed by atoms with Crippen molar-refractivity contribution >= 4 is 39.7 Å². The van der Waals surface area contributed by atoms with Crippen molar-refractivity contribution in [1.82, 2.24) is 15.0 Å². The largest absolute Gasteiger partial charge is 0.459 e. The maximum absolute atomic E-state index is 13.5. The number of hydrazone groups is 1. The van der Waals surface area contributed by atoms with E-state index >= 15 is 0 Å². The molecule has 0 unspecified atom stereocenters. The number of rotatable bonds is 10. The molecule has 4 rings (SSSR count). The van der Waals surface area contributed by atoms with Crippen molar-refractivity contribution in [2.24, 2.45) is 5.10 Å². The van der Waals surface area contributed by atoms with E-state index in [2.05, 4.69) is 15.8 Å². The average molecular weight is 579 g/mol. The summed E-state index contributed by atoms with van der Waals surface area (Å²) in [7, 11) is -3.89. The number of hydrogen-bond donors (Lipinski definition) is 2. The number of benzene rings is 3. The van der Waals surface area contributed by atoms with Gasteiger partial charge in [-0.1, -0.05) is 72.3 Å². The first-order chi connectivity index (χ1) is 19.2. The SMILES string of the molecule is C[C@H](NC(=O)C(=O)N/N=C/c1ccc(CN(Cc2ccccc2)S(=O)(=O)c2ccc(Cl)cc2)o1)c1ccccc1. The van der Waals surface area contributed by atoms with Gasteiger partial charge in [0.15, 0.2) is 0 Å². The molecule has 0 bridgehead atoms. The van der Waals surface area contributed by atoms with E-state index in [0.29, 0.717) is 10.8 Å². The lowest BCUT2D eigenvalue weighted by Gasteiger charge is -2.21. The van der Waals surface area contributed by atoms with Crippen molar-refractivity contribution in [2.45, 2.75) is 31.0 Å². The Hall–Kier alpha value is -4.25. The Morgan fingerprint density at radius 2 is 1.55 bits per heavy atom. The Morgan fingerprint density at radius 3 is 2.23 bits per heavy atom. The van der Waals surface area contributed by atoms with Crippen LogP contribution in [0.4, 0.5) is 0 Å². The first-order valence-corrected chi connectivity index (χ1v) is 14.1. The molecule has 2 amide bonds. The number of nitrogens with zero attached hydrogens (tertiary/aromatic N) is 2. The van der Waals surface area contributed by atoms with Crippen LogP contribution < -0.4 is 10.7 Å². The fraction of sp³-hybridized carbons (Fsp3) is 0.138. The summed E-state index contributed by atoms with van der Waals surface area (Å²) in [4.78, 5) is 24.4. The van der Waals surface area contributed by atoms with Crippen LogP contribution in [0.5, 0.6) is 0 Å². The first-order valence-electron chi connectivity index (χ1n) is 12.3. The molecule has 0 aliphatic rings. The van der Waals surface area contributed by atoms with Crippen molar-refractivity contribution in [2.75, 3.05) is 0 Å². The zero-order chi connectivity index (χ0) is 28.5. The summed E-state index contributed by atoms with van der Waals surface area (Å²) in [6, 6.07) is 27.2. The monoisotopic (exact) mass is 578 g/mol. The van der Waals surface area contributed by atoms with Gasteiger partial charge in [-0.2, -0.15) is 9.41 Å². The van der Waals surface area contributed by atoms with Gasteiger partial charge in [0.2, 0.25) is 10.0 Å². The molecule has 4 aromatic rings. The summed E-state index contributed by atoms with van der Waals surface area (Å²) in [6.07, 6.45) is 1.23. The highest BCUT2D eigenvalue weighted by Crippen LogP contribution is 2.23. The third-order valence-electron chi connectivity index (χ3n) is 5.88. The molecular formula is C29H27ClN4O5S. The molecule has 0 aliphatic carbocycles. The molecule has 0 radical (unpaired) electrons. The van der Waals surface area contributed by atoms with E-state index in [-0.39, 0.29) is 29.8 Å². The van der Waals surface area contributed by atoms with Crippen LogP contribution in [-0.4, -0.2) is 30.8 Å². The lowest BCUT2D eigenvalue weighted by Crippen LogP contribution is -2.39. The van der Waals surface area contributed by atoms with Crippen LogP contribution in [-0.2, 0) is 32.7 Å². The van der Waals surface area contributed by atoms with Gasteiger partial charge in [0, 0.05) is 11.6 Å². The molecule has 9 nitrogen and oxygen atoms in total. The van der Waals surface area contributed by atoms with Gasteiger partial charge in [-0.25, -0.2) is 13.8 Å². The molecule has 1 aromatic heterocycles. The number of carbonyl (C=O) groups is 2. The lowest BCUT2D eigenvalue weighted by atomic mass is 10.1. The van der Waals surface area contributed by atoms with Crippen LogP contribution >= 0.6 is 11.6 Å². The van der Waals surface area contributed by atoms with Gasteiger partial charge < -0.3 is 9.73 Å². The van der Waals surface area contributed by atoms with Gasteiger partial charge in [-0.3, -0.25) is 9.59 Å². The van der Waals surface area contributed by atoms with E-state index in [9.17, 15) is 18.0 Å². The van der Waals surface area contributed by atoms with E-state index in [1.807, 2.05) is 60.7 Å². The number of furan rings is 1. The Kier molecular flexibility index (Phi) is 9.49. The molecule has 3 aromatic carbocycles. The van der Waals surface area contributed by atoms with E-state index in [1.165, 1.54) is 34.8 Å². The highest BCUT2D eigenvalue weighted by molar-refractivity contribution is 7.89. The summed E-state index contributed by atoms with van der Waals surface area (Å²) >= 11 is 5.95. The Bertz CT molecular complexity index is 1570. The smallest absolute Gasteiger partial charge is 0.329 e. The minimum absolute atomic E-state index is 0.0557. The van der Waals surface area contributed by atoms with E-state index in [4.69, 9.17) is 16.0 Å². The summed E-state index contributed by atoms with van der Waals surface area (Å²) in [5.41, 5.74) is 3.82. The van der Waals surface area contributed by atoms with Crippen LogP contribution in [0.1, 0.15) is 35.6 Å². The zero-order valence-corrected chi connectivity index (χ0v) is 23.1. The summed E-state index contributed by atoms with van der Waals surface area (Å²) in [5.74, 6) is -1.15. The van der Waals surface area contributed by atoms with Crippen LogP contribution in [0, 0.1) is 0 Å². The van der Waals surface area contributed by atoms with Gasteiger partial charge >= 0.3 is 11.8 Å². The molecule has 0 aliphatic heterocycles. The second kappa shape index (κ2) is 13.2. The zero-order valence-electron chi connectivity index (χ0n) is 21.5. The van der Waals surface area contributed by atoms with Crippen molar-refractivity contribution in [1.29, 1.82) is 0 Å². The molecule has 206 valence electrons. The van der Waals surface area contributed by atoms with Crippen LogP contribution in [0.3, 0.4) is 0 Å². The van der Waals surface area contributed by atoms with Crippen molar-refractivity contribution in [3.8, 4) is 0 Å². The highest BCUT2D eigenvalue weighted by Gasteiger charge is 2.26. The Morgan fingerprint density at radius 1 is 0.900 bits per heavy atom. The van der Waals surface area contributed by atoms with E-state index < -0.39 is 21.8 Å². The Labute approximate surface area is 237 Å². The van der Waals surface area contributed by atoms with Crippen LogP contribution in [0.25, 0.3) is 0 Å². The topological polar surface area (TPSA) is 121 Å². The van der Waals surface area contributed by atoms with Gasteiger partial charge in [-0.15, -0.1) is 0 Å². The standard InChI is InChI=1S/C29H27ClN4O5S/c1-21(23-10-6-3-7-11-23)32-28(35)29(36)33-31-18-25-14-15-26(39-25)20-34(19-22-8-4-2-5-9-22)40(37,38)27-16-12-24(30)13-17-27/h2-18,21H,19-20H2,1H3,(H,32,35)(H,33,36)/b31-18+/t21-/m0/s1. The Balaban J connectivity index is 1.41. The number of halogens is 1. The maximum Gasteiger partial charge on any atom is 0.329 e. The normalized spacial score (nSPS) is 12.4. The third kappa shape index (κ3) is 7.66. The summed E-state index contributed by atoms with van der Waals surface area (Å²) in [5, 5.41) is 6.82. The third-order valence-corrected chi connectivity index (χ3v) is 7.94. The van der Waals surface area contributed by atoms with Gasteiger partial charge in [0.1, 0.15) is 11.5 Å². The second-order valence-corrected chi connectivity index (χ2v) is 11.2. The molecule has 0 saturated carbocycles.